The third-order valence-corrected chi connectivity index (χ3v) is 6.02. The van der Waals surface area contributed by atoms with E-state index in [1.54, 1.807) is 37.4 Å². The van der Waals surface area contributed by atoms with Crippen LogP contribution in [-0.4, -0.2) is 61.2 Å². The first-order valence-corrected chi connectivity index (χ1v) is 10.6. The summed E-state index contributed by atoms with van der Waals surface area (Å²) in [6.07, 6.45) is -3.23. The number of amides is 2. The fraction of sp³-hybridized carbons (Fsp3) is 0.333. The molecule has 2 aliphatic heterocycles. The zero-order valence-corrected chi connectivity index (χ0v) is 18.3. The number of halogens is 3. The van der Waals surface area contributed by atoms with Crippen molar-refractivity contribution >= 4 is 23.1 Å². The van der Waals surface area contributed by atoms with Crippen LogP contribution in [0, 0.1) is 0 Å². The largest absolute Gasteiger partial charge is 0.573 e. The van der Waals surface area contributed by atoms with Gasteiger partial charge in [0.15, 0.2) is 0 Å². The van der Waals surface area contributed by atoms with E-state index in [2.05, 4.69) is 9.64 Å². The van der Waals surface area contributed by atoms with Gasteiger partial charge in [-0.15, -0.1) is 13.2 Å². The quantitative estimate of drug-likeness (QED) is 0.635. The first-order chi connectivity index (χ1) is 15.7. The van der Waals surface area contributed by atoms with Crippen LogP contribution >= 0.6 is 0 Å². The monoisotopic (exact) mass is 459 g/mol. The summed E-state index contributed by atoms with van der Waals surface area (Å²) in [7, 11) is 3.83. The minimum Gasteiger partial charge on any atom is -0.406 e. The number of likely N-dealkylation sites (tertiary alicyclic amines) is 1. The van der Waals surface area contributed by atoms with Crippen LogP contribution in [-0.2, 0) is 9.59 Å². The summed E-state index contributed by atoms with van der Waals surface area (Å²) in [5.41, 5.74) is 1.09. The molecule has 1 saturated heterocycles. The van der Waals surface area contributed by atoms with E-state index in [1.807, 2.05) is 11.9 Å². The molecule has 0 aromatic heterocycles. The molecular weight excluding hydrogens is 435 g/mol. The minimum absolute atomic E-state index is 0.0203. The van der Waals surface area contributed by atoms with E-state index in [0.717, 1.165) is 43.0 Å². The molecule has 6 nitrogen and oxygen atoms in total. The molecule has 0 saturated carbocycles. The molecular formula is C24H24F3N3O3. The van der Waals surface area contributed by atoms with Gasteiger partial charge >= 0.3 is 6.36 Å². The number of piperidine rings is 1. The molecule has 4 rings (SSSR count). The molecule has 0 N–H and O–H groups in total. The Balaban J connectivity index is 1.73. The van der Waals surface area contributed by atoms with Crippen LogP contribution in [0.3, 0.4) is 0 Å². The molecule has 174 valence electrons. The van der Waals surface area contributed by atoms with Crippen molar-refractivity contribution in [3.05, 3.63) is 65.9 Å². The summed E-state index contributed by atoms with van der Waals surface area (Å²) < 4.78 is 42.1. The van der Waals surface area contributed by atoms with Gasteiger partial charge in [-0.3, -0.25) is 9.59 Å². The number of benzene rings is 2. The first-order valence-electron chi connectivity index (χ1n) is 10.6. The van der Waals surface area contributed by atoms with Gasteiger partial charge in [0.1, 0.15) is 11.4 Å². The van der Waals surface area contributed by atoms with Gasteiger partial charge < -0.3 is 14.5 Å². The molecule has 0 spiro atoms. The minimum atomic E-state index is -4.88. The maximum Gasteiger partial charge on any atom is 0.573 e. The third-order valence-electron chi connectivity index (χ3n) is 6.02. The molecule has 0 radical (unpaired) electrons. The molecule has 0 aliphatic carbocycles. The molecule has 2 aromatic rings. The predicted octanol–water partition coefficient (Wildman–Crippen LogP) is 3.90. The molecule has 2 aromatic carbocycles. The summed E-state index contributed by atoms with van der Waals surface area (Å²) in [4.78, 5) is 32.1. The average molecular weight is 459 g/mol. The Bertz CT molecular complexity index is 1080. The van der Waals surface area contributed by atoms with Crippen LogP contribution in [0.1, 0.15) is 18.4 Å². The van der Waals surface area contributed by atoms with Gasteiger partial charge in [-0.25, -0.2) is 4.90 Å². The van der Waals surface area contributed by atoms with Crippen molar-refractivity contribution in [2.24, 2.45) is 0 Å². The van der Waals surface area contributed by atoms with Gasteiger partial charge in [0, 0.05) is 19.2 Å². The lowest BCUT2D eigenvalue weighted by atomic mass is 10.0. The number of hydrogen-bond donors (Lipinski definition) is 0. The second-order valence-electron chi connectivity index (χ2n) is 8.23. The summed E-state index contributed by atoms with van der Waals surface area (Å²) >= 11 is 0. The number of hydrogen-bond acceptors (Lipinski definition) is 5. The van der Waals surface area contributed by atoms with Crippen molar-refractivity contribution in [2.45, 2.75) is 25.2 Å². The summed E-state index contributed by atoms with van der Waals surface area (Å²) in [5, 5.41) is 0. The lowest BCUT2D eigenvalue weighted by Gasteiger charge is -2.36. The van der Waals surface area contributed by atoms with Gasteiger partial charge in [-0.05, 0) is 50.7 Å². The predicted molar refractivity (Wildman–Crippen MR) is 117 cm³/mol. The Morgan fingerprint density at radius 1 is 0.970 bits per heavy atom. The molecule has 0 unspecified atom stereocenters. The highest BCUT2D eigenvalue weighted by atomic mass is 19.4. The van der Waals surface area contributed by atoms with Gasteiger partial charge in [-0.1, -0.05) is 36.4 Å². The lowest BCUT2D eigenvalue weighted by Crippen LogP contribution is -2.43. The Morgan fingerprint density at radius 2 is 1.64 bits per heavy atom. The Kier molecular flexibility index (Phi) is 6.16. The zero-order chi connectivity index (χ0) is 23.8. The van der Waals surface area contributed by atoms with Gasteiger partial charge in [0.05, 0.1) is 11.3 Å². The van der Waals surface area contributed by atoms with E-state index in [4.69, 9.17) is 0 Å². The number of ether oxygens (including phenoxy) is 1. The Morgan fingerprint density at radius 3 is 2.27 bits per heavy atom. The molecule has 2 aliphatic rings. The zero-order valence-electron chi connectivity index (χ0n) is 18.3. The van der Waals surface area contributed by atoms with Gasteiger partial charge in [-0.2, -0.15) is 0 Å². The molecule has 0 bridgehead atoms. The second kappa shape index (κ2) is 8.90. The molecule has 2 heterocycles. The van der Waals surface area contributed by atoms with Crippen molar-refractivity contribution < 1.29 is 27.5 Å². The molecule has 33 heavy (non-hydrogen) atoms. The molecule has 1 fully saturated rings. The fourth-order valence-corrected chi connectivity index (χ4v) is 4.33. The van der Waals surface area contributed by atoms with Crippen LogP contribution in [0.4, 0.5) is 18.9 Å². The number of nitrogens with zero attached hydrogens (tertiary/aromatic N) is 3. The smallest absolute Gasteiger partial charge is 0.406 e. The van der Waals surface area contributed by atoms with Crippen molar-refractivity contribution in [1.29, 1.82) is 0 Å². The van der Waals surface area contributed by atoms with E-state index >= 15 is 0 Å². The van der Waals surface area contributed by atoms with E-state index in [1.165, 1.54) is 12.1 Å². The van der Waals surface area contributed by atoms with Crippen LogP contribution in [0.2, 0.25) is 0 Å². The van der Waals surface area contributed by atoms with Crippen LogP contribution in [0.5, 0.6) is 5.75 Å². The van der Waals surface area contributed by atoms with E-state index in [9.17, 15) is 22.8 Å². The van der Waals surface area contributed by atoms with Gasteiger partial charge in [0.25, 0.3) is 11.8 Å². The maximum absolute atomic E-state index is 13.6. The highest BCUT2D eigenvalue weighted by Crippen LogP contribution is 2.37. The molecule has 0 atom stereocenters. The van der Waals surface area contributed by atoms with Crippen molar-refractivity contribution in [3.63, 3.8) is 0 Å². The number of anilines is 1. The number of carbonyl (C=O) groups is 2. The topological polar surface area (TPSA) is 53.1 Å². The van der Waals surface area contributed by atoms with Crippen molar-refractivity contribution in [1.82, 2.24) is 9.80 Å². The molecule has 9 heteroatoms. The molecule has 2 amide bonds. The highest BCUT2D eigenvalue weighted by Gasteiger charge is 2.43. The van der Waals surface area contributed by atoms with E-state index in [0.29, 0.717) is 5.56 Å². The standard InChI is InChI=1S/C24H24F3N3O3/c1-28-13-11-17(12-14-28)29(2)21-20(16-7-4-3-5-8-16)22(31)30(23(21)32)18-9-6-10-19(15-18)33-24(25,26)27/h3-10,15,17H,11-14H2,1-2H3. The third kappa shape index (κ3) is 4.73. The number of likely N-dealkylation sites (N-methyl/N-ethyl adjacent to an activating group) is 1. The van der Waals surface area contributed by atoms with E-state index < -0.39 is 23.9 Å². The second-order valence-corrected chi connectivity index (χ2v) is 8.23. The van der Waals surface area contributed by atoms with Crippen LogP contribution < -0.4 is 9.64 Å². The number of alkyl halides is 3. The van der Waals surface area contributed by atoms with Crippen molar-refractivity contribution in [3.8, 4) is 5.75 Å². The normalized spacial score (nSPS) is 18.3. The summed E-state index contributed by atoms with van der Waals surface area (Å²) in [5.74, 6) is -1.64. The summed E-state index contributed by atoms with van der Waals surface area (Å²) in [6, 6.07) is 13.8. The highest BCUT2D eigenvalue weighted by molar-refractivity contribution is 6.45. The van der Waals surface area contributed by atoms with Crippen molar-refractivity contribution in [2.75, 3.05) is 32.1 Å². The number of imide groups is 1. The Hall–Kier alpha value is -3.33. The Labute approximate surface area is 189 Å². The maximum atomic E-state index is 13.6. The summed E-state index contributed by atoms with van der Waals surface area (Å²) in [6.45, 7) is 1.73. The van der Waals surface area contributed by atoms with Gasteiger partial charge in [0.2, 0.25) is 0 Å². The average Bonchev–Trinajstić information content (AvgIpc) is 3.03. The fourth-order valence-electron chi connectivity index (χ4n) is 4.33. The SMILES string of the molecule is CN1CCC(N(C)C2=C(c3ccccc3)C(=O)N(c3cccc(OC(F)(F)F)c3)C2=O)CC1. The van der Waals surface area contributed by atoms with E-state index in [-0.39, 0.29) is 23.0 Å². The van der Waals surface area contributed by atoms with Crippen LogP contribution in [0.25, 0.3) is 5.57 Å². The first kappa shape index (κ1) is 22.8. The number of carbonyl (C=O) groups excluding carboxylic acids is 2. The number of rotatable bonds is 5. The van der Waals surface area contributed by atoms with Crippen LogP contribution in [0.15, 0.2) is 60.3 Å². The lowest BCUT2D eigenvalue weighted by molar-refractivity contribution is -0.274.